The first-order valence-corrected chi connectivity index (χ1v) is 10.7. The number of rotatable bonds is 10. The molecule has 0 fully saturated rings. The molecule has 0 saturated heterocycles. The molecule has 0 bridgehead atoms. The highest BCUT2D eigenvalue weighted by atomic mass is 19.3. The Morgan fingerprint density at radius 3 is 2.74 bits per heavy atom. The van der Waals surface area contributed by atoms with Gasteiger partial charge in [0.15, 0.2) is 11.6 Å². The Morgan fingerprint density at radius 2 is 1.97 bits per heavy atom. The monoisotopic (exact) mass is 461 g/mol. The zero-order valence-corrected chi connectivity index (χ0v) is 18.6. The minimum Gasteiger partial charge on any atom is -0.378 e. The summed E-state index contributed by atoms with van der Waals surface area (Å²) in [5.41, 5.74) is 2.79. The molecule has 0 aliphatic heterocycles. The smallest absolute Gasteiger partial charge is 0.251 e. The first kappa shape index (κ1) is 23.0. The normalized spacial score (nSPS) is 11.7. The Morgan fingerprint density at radius 1 is 1.12 bits per heavy atom. The maximum Gasteiger partial charge on any atom is 0.251 e. The van der Waals surface area contributed by atoms with E-state index in [1.807, 2.05) is 48.0 Å². The second-order valence-electron chi connectivity index (χ2n) is 7.57. The van der Waals surface area contributed by atoms with Gasteiger partial charge < -0.3 is 15.2 Å². The van der Waals surface area contributed by atoms with E-state index in [0.717, 1.165) is 11.3 Å². The van der Waals surface area contributed by atoms with E-state index in [1.54, 1.807) is 30.5 Å². The lowest BCUT2D eigenvalue weighted by Gasteiger charge is -2.19. The lowest BCUT2D eigenvalue weighted by molar-refractivity contribution is -0.134. The second kappa shape index (κ2) is 11.1. The zero-order chi connectivity index (χ0) is 23.8. The number of halogens is 1. The summed E-state index contributed by atoms with van der Waals surface area (Å²) in [4.78, 5) is 24.8. The molecule has 1 unspecified atom stereocenters. The number of nitrogens with one attached hydrogen (secondary N) is 2. The number of carbonyl (C=O) groups excluding carboxylic acids is 1. The summed E-state index contributed by atoms with van der Waals surface area (Å²) in [5.74, 6) is 1.08. The SMILES string of the molecule is Cn1c(CNc2cccc(C(=O)NC(CCOF)c3ccccc3)c2)nnc1-c1ccncn1. The third kappa shape index (κ3) is 5.59. The first-order chi connectivity index (χ1) is 16.7. The molecule has 9 nitrogen and oxygen atoms in total. The summed E-state index contributed by atoms with van der Waals surface area (Å²) in [6.45, 7) is 0.288. The fourth-order valence-electron chi connectivity index (χ4n) is 3.52. The van der Waals surface area contributed by atoms with Crippen LogP contribution in [0.2, 0.25) is 0 Å². The maximum atomic E-state index is 12.9. The third-order valence-corrected chi connectivity index (χ3v) is 5.34. The van der Waals surface area contributed by atoms with Crippen molar-refractivity contribution in [2.45, 2.75) is 19.0 Å². The van der Waals surface area contributed by atoms with E-state index in [2.05, 4.69) is 35.7 Å². The third-order valence-electron chi connectivity index (χ3n) is 5.34. The highest BCUT2D eigenvalue weighted by Gasteiger charge is 2.17. The molecular formula is C24H24FN7O2. The van der Waals surface area contributed by atoms with Crippen molar-refractivity contribution in [3.63, 3.8) is 0 Å². The molecule has 1 amide bonds. The number of aromatic nitrogens is 5. The average molecular weight is 462 g/mol. The van der Waals surface area contributed by atoms with E-state index in [4.69, 9.17) is 0 Å². The summed E-state index contributed by atoms with van der Waals surface area (Å²) in [7, 11) is 1.86. The van der Waals surface area contributed by atoms with E-state index in [9.17, 15) is 9.32 Å². The van der Waals surface area contributed by atoms with Crippen molar-refractivity contribution in [2.24, 2.45) is 7.05 Å². The quantitative estimate of drug-likeness (QED) is 0.371. The van der Waals surface area contributed by atoms with Crippen molar-refractivity contribution in [3.8, 4) is 11.5 Å². The molecule has 2 aromatic carbocycles. The van der Waals surface area contributed by atoms with Gasteiger partial charge in [-0.15, -0.1) is 10.2 Å². The van der Waals surface area contributed by atoms with Gasteiger partial charge in [-0.3, -0.25) is 4.79 Å². The van der Waals surface area contributed by atoms with Gasteiger partial charge in [0, 0.05) is 24.5 Å². The van der Waals surface area contributed by atoms with Gasteiger partial charge in [-0.2, -0.15) is 4.94 Å². The molecule has 174 valence electrons. The number of hydrogen-bond acceptors (Lipinski definition) is 7. The number of amides is 1. The van der Waals surface area contributed by atoms with Crippen LogP contribution in [0.4, 0.5) is 10.2 Å². The largest absolute Gasteiger partial charge is 0.378 e. The molecular weight excluding hydrogens is 437 g/mol. The minimum atomic E-state index is -0.375. The molecule has 2 heterocycles. The molecule has 2 aromatic heterocycles. The van der Waals surface area contributed by atoms with Crippen molar-refractivity contribution in [2.75, 3.05) is 11.9 Å². The van der Waals surface area contributed by atoms with E-state index in [1.165, 1.54) is 6.33 Å². The van der Waals surface area contributed by atoms with Crippen molar-refractivity contribution in [3.05, 3.63) is 90.1 Å². The lowest BCUT2D eigenvalue weighted by atomic mass is 10.0. The molecule has 10 heteroatoms. The lowest BCUT2D eigenvalue weighted by Crippen LogP contribution is -2.29. The van der Waals surface area contributed by atoms with Crippen LogP contribution >= 0.6 is 0 Å². The van der Waals surface area contributed by atoms with Gasteiger partial charge in [-0.05, 0) is 40.8 Å². The second-order valence-corrected chi connectivity index (χ2v) is 7.57. The highest BCUT2D eigenvalue weighted by molar-refractivity contribution is 5.95. The van der Waals surface area contributed by atoms with Crippen molar-refractivity contribution >= 4 is 11.6 Å². The van der Waals surface area contributed by atoms with Gasteiger partial charge in [0.1, 0.15) is 12.0 Å². The highest BCUT2D eigenvalue weighted by Crippen LogP contribution is 2.19. The number of benzene rings is 2. The van der Waals surface area contributed by atoms with Gasteiger partial charge in [0.2, 0.25) is 0 Å². The van der Waals surface area contributed by atoms with Crippen LogP contribution in [0.25, 0.3) is 11.5 Å². The molecule has 0 aliphatic carbocycles. The summed E-state index contributed by atoms with van der Waals surface area (Å²) < 4.78 is 14.1. The van der Waals surface area contributed by atoms with E-state index >= 15 is 0 Å². The first-order valence-electron chi connectivity index (χ1n) is 10.7. The molecule has 1 atom stereocenters. The number of anilines is 1. The predicted molar refractivity (Wildman–Crippen MR) is 124 cm³/mol. The van der Waals surface area contributed by atoms with Crippen LogP contribution in [0.1, 0.15) is 34.2 Å². The van der Waals surface area contributed by atoms with Crippen molar-refractivity contribution in [1.29, 1.82) is 0 Å². The van der Waals surface area contributed by atoms with Gasteiger partial charge in [0.05, 0.1) is 19.2 Å². The van der Waals surface area contributed by atoms with Gasteiger partial charge in [-0.25, -0.2) is 9.97 Å². The fourth-order valence-corrected chi connectivity index (χ4v) is 3.52. The Hall–Kier alpha value is -4.18. The van der Waals surface area contributed by atoms with Crippen LogP contribution in [-0.2, 0) is 18.5 Å². The van der Waals surface area contributed by atoms with E-state index < -0.39 is 0 Å². The molecule has 0 radical (unpaired) electrons. The summed E-state index contributed by atoms with van der Waals surface area (Å²) in [6.07, 6.45) is 3.43. The number of hydrogen-bond donors (Lipinski definition) is 2. The summed E-state index contributed by atoms with van der Waals surface area (Å²) in [6, 6.07) is 17.9. The molecule has 4 rings (SSSR count). The van der Waals surface area contributed by atoms with Gasteiger partial charge in [-0.1, -0.05) is 36.4 Å². The Bertz CT molecular complexity index is 1220. The van der Waals surface area contributed by atoms with Crippen LogP contribution in [-0.4, -0.2) is 37.2 Å². The van der Waals surface area contributed by atoms with Crippen LogP contribution in [0.3, 0.4) is 0 Å². The van der Waals surface area contributed by atoms with Crippen LogP contribution in [0.5, 0.6) is 0 Å². The fraction of sp³-hybridized carbons (Fsp3) is 0.208. The van der Waals surface area contributed by atoms with Crippen LogP contribution in [0, 0.1) is 0 Å². The maximum absolute atomic E-state index is 12.9. The summed E-state index contributed by atoms with van der Waals surface area (Å²) in [5, 5.41) is 14.7. The Kier molecular flexibility index (Phi) is 7.51. The topological polar surface area (TPSA) is 107 Å². The Labute approximate surface area is 195 Å². The van der Waals surface area contributed by atoms with Crippen LogP contribution < -0.4 is 10.6 Å². The van der Waals surface area contributed by atoms with Gasteiger partial charge in [0.25, 0.3) is 5.91 Å². The summed E-state index contributed by atoms with van der Waals surface area (Å²) >= 11 is 0. The number of carbonyl (C=O) groups is 1. The van der Waals surface area contributed by atoms with E-state index in [-0.39, 0.29) is 18.6 Å². The van der Waals surface area contributed by atoms with E-state index in [0.29, 0.717) is 35.9 Å². The van der Waals surface area contributed by atoms with Crippen LogP contribution in [0.15, 0.2) is 73.2 Å². The average Bonchev–Trinajstić information content (AvgIpc) is 3.26. The van der Waals surface area contributed by atoms with Gasteiger partial charge >= 0.3 is 0 Å². The standard InChI is InChI=1S/C24H24FN7O2/c1-32-22(30-31-23(32)21-10-12-26-16-28-21)15-27-19-9-5-8-18(14-19)24(33)29-20(11-13-34-25)17-6-3-2-4-7-17/h2-10,12,14,16,20,27H,11,13,15H2,1H3,(H,29,33). The van der Waals surface area contributed by atoms with Crippen molar-refractivity contribution < 1.29 is 14.3 Å². The molecule has 0 aliphatic rings. The molecule has 4 aromatic rings. The predicted octanol–water partition coefficient (Wildman–Crippen LogP) is 3.65. The molecule has 34 heavy (non-hydrogen) atoms. The zero-order valence-electron chi connectivity index (χ0n) is 18.6. The minimum absolute atomic E-state index is 0.115. The molecule has 0 saturated carbocycles. The number of nitrogens with zero attached hydrogens (tertiary/aromatic N) is 5. The molecule has 0 spiro atoms. The molecule has 2 N–H and O–H groups in total. The Balaban J connectivity index is 1.43. The van der Waals surface area contributed by atoms with Crippen molar-refractivity contribution in [1.82, 2.24) is 30.0 Å².